The van der Waals surface area contributed by atoms with Crippen LogP contribution in [0.4, 0.5) is 0 Å². The van der Waals surface area contributed by atoms with E-state index in [1.54, 1.807) is 0 Å². The summed E-state index contributed by atoms with van der Waals surface area (Å²) in [5.41, 5.74) is 5.92. The predicted octanol–water partition coefficient (Wildman–Crippen LogP) is -0.329. The second kappa shape index (κ2) is 3.97. The average molecular weight is 225 g/mol. The van der Waals surface area contributed by atoms with Gasteiger partial charge < -0.3 is 10.5 Å². The number of ketones is 2. The molecule has 0 aromatic rings. The van der Waals surface area contributed by atoms with Gasteiger partial charge in [0.15, 0.2) is 5.78 Å². The first kappa shape index (κ1) is 11.3. The summed E-state index contributed by atoms with van der Waals surface area (Å²) >= 11 is 0. The van der Waals surface area contributed by atoms with Crippen molar-refractivity contribution in [2.75, 3.05) is 7.11 Å². The molecule has 4 unspecified atom stereocenters. The molecule has 3 fully saturated rings. The molecule has 88 valence electrons. The topological polar surface area (TPSA) is 86.5 Å². The van der Waals surface area contributed by atoms with E-state index in [2.05, 4.69) is 0 Å². The highest BCUT2D eigenvalue weighted by molar-refractivity contribution is 6.38. The summed E-state index contributed by atoms with van der Waals surface area (Å²) < 4.78 is 4.70. The van der Waals surface area contributed by atoms with Crippen LogP contribution in [0, 0.1) is 17.8 Å². The van der Waals surface area contributed by atoms with E-state index >= 15 is 0 Å². The van der Waals surface area contributed by atoms with Crippen LogP contribution in [0.15, 0.2) is 0 Å². The highest BCUT2D eigenvalue weighted by Crippen LogP contribution is 2.40. The minimum Gasteiger partial charge on any atom is -0.469 e. The molecule has 2 N–H and O–H groups in total. The van der Waals surface area contributed by atoms with Crippen LogP contribution in [-0.2, 0) is 19.1 Å². The standard InChI is InChI=1S/C11H15NO4/c1-16-11(15)8-5-2-3-6(9(8)12)10(14)7(13)4-5/h5-6,8-9H,2-4,12H2,1H3. The number of fused-ring (bicyclic) bond motifs is 4. The molecule has 0 radical (unpaired) electrons. The lowest BCUT2D eigenvalue weighted by molar-refractivity contribution is -0.150. The van der Waals surface area contributed by atoms with E-state index in [-0.39, 0.29) is 18.1 Å². The SMILES string of the molecule is COC(=O)C1C2CCC(C(=O)C(=O)C2)C1N. The number of esters is 1. The van der Waals surface area contributed by atoms with Gasteiger partial charge in [-0.15, -0.1) is 0 Å². The van der Waals surface area contributed by atoms with Crippen LogP contribution < -0.4 is 5.73 Å². The fourth-order valence-electron chi connectivity index (χ4n) is 2.90. The van der Waals surface area contributed by atoms with Gasteiger partial charge in [-0.3, -0.25) is 14.4 Å². The molecule has 4 atom stereocenters. The zero-order valence-electron chi connectivity index (χ0n) is 9.14. The van der Waals surface area contributed by atoms with Gasteiger partial charge >= 0.3 is 5.97 Å². The fourth-order valence-corrected chi connectivity index (χ4v) is 2.90. The Morgan fingerprint density at radius 1 is 1.38 bits per heavy atom. The Morgan fingerprint density at radius 2 is 2.06 bits per heavy atom. The van der Waals surface area contributed by atoms with Gasteiger partial charge in [-0.05, 0) is 18.8 Å². The molecular weight excluding hydrogens is 210 g/mol. The molecule has 0 amide bonds. The molecule has 0 aromatic heterocycles. The van der Waals surface area contributed by atoms with E-state index in [0.717, 1.165) is 0 Å². The van der Waals surface area contributed by atoms with E-state index in [0.29, 0.717) is 12.8 Å². The Hall–Kier alpha value is -1.23. The van der Waals surface area contributed by atoms with E-state index in [1.807, 2.05) is 0 Å². The van der Waals surface area contributed by atoms with E-state index in [1.165, 1.54) is 7.11 Å². The highest BCUT2D eigenvalue weighted by atomic mass is 16.5. The maximum Gasteiger partial charge on any atom is 0.310 e. The number of methoxy groups -OCH3 is 1. The van der Waals surface area contributed by atoms with Gasteiger partial charge in [-0.1, -0.05) is 0 Å². The number of ether oxygens (including phenoxy) is 1. The summed E-state index contributed by atoms with van der Waals surface area (Å²) in [6.07, 6.45) is 1.46. The third-order valence-corrected chi connectivity index (χ3v) is 3.77. The van der Waals surface area contributed by atoms with Crippen LogP contribution in [0.3, 0.4) is 0 Å². The highest BCUT2D eigenvalue weighted by Gasteiger charge is 2.50. The number of Topliss-reactive ketones (excluding diaryl/α,β-unsaturated/α-hetero) is 2. The summed E-state index contributed by atoms with van der Waals surface area (Å²) in [7, 11) is 1.30. The molecule has 3 aliphatic carbocycles. The van der Waals surface area contributed by atoms with Crippen molar-refractivity contribution in [2.24, 2.45) is 23.5 Å². The van der Waals surface area contributed by atoms with Gasteiger partial charge in [0, 0.05) is 18.4 Å². The molecule has 0 saturated heterocycles. The van der Waals surface area contributed by atoms with Crippen LogP contribution in [0.5, 0.6) is 0 Å². The van der Waals surface area contributed by atoms with Crippen LogP contribution in [0.1, 0.15) is 19.3 Å². The van der Waals surface area contributed by atoms with Crippen molar-refractivity contribution in [3.05, 3.63) is 0 Å². The number of carbonyl (C=O) groups excluding carboxylic acids is 3. The Morgan fingerprint density at radius 3 is 2.69 bits per heavy atom. The molecule has 5 heteroatoms. The van der Waals surface area contributed by atoms with Gasteiger partial charge in [0.05, 0.1) is 13.0 Å². The van der Waals surface area contributed by atoms with Crippen LogP contribution in [-0.4, -0.2) is 30.7 Å². The maximum absolute atomic E-state index is 11.7. The molecule has 2 bridgehead atoms. The van der Waals surface area contributed by atoms with Crippen molar-refractivity contribution < 1.29 is 19.1 Å². The molecule has 16 heavy (non-hydrogen) atoms. The first-order valence-electron chi connectivity index (χ1n) is 5.46. The smallest absolute Gasteiger partial charge is 0.310 e. The third-order valence-electron chi connectivity index (χ3n) is 3.77. The normalized spacial score (nSPS) is 38.4. The van der Waals surface area contributed by atoms with Crippen molar-refractivity contribution in [3.8, 4) is 0 Å². The molecule has 3 rings (SSSR count). The molecule has 3 aliphatic rings. The summed E-state index contributed by atoms with van der Waals surface area (Å²) in [5.74, 6) is -2.30. The van der Waals surface area contributed by atoms with Crippen LogP contribution in [0.2, 0.25) is 0 Å². The molecular formula is C11H15NO4. The molecule has 5 nitrogen and oxygen atoms in total. The molecule has 3 saturated carbocycles. The lowest BCUT2D eigenvalue weighted by atomic mass is 9.72. The lowest BCUT2D eigenvalue weighted by Gasteiger charge is -2.34. The third kappa shape index (κ3) is 1.55. The first-order valence-corrected chi connectivity index (χ1v) is 5.46. The molecule has 0 aromatic carbocycles. The van der Waals surface area contributed by atoms with Gasteiger partial charge in [0.25, 0.3) is 0 Å². The number of hydrogen-bond acceptors (Lipinski definition) is 5. The van der Waals surface area contributed by atoms with Crippen molar-refractivity contribution in [1.82, 2.24) is 0 Å². The molecule has 0 spiro atoms. The fraction of sp³-hybridized carbons (Fsp3) is 0.727. The Bertz CT molecular complexity index is 350. The number of nitrogens with two attached hydrogens (primary N) is 1. The minimum absolute atomic E-state index is 0.127. The maximum atomic E-state index is 11.7. The Kier molecular flexibility index (Phi) is 2.80. The van der Waals surface area contributed by atoms with Gasteiger partial charge in [-0.2, -0.15) is 0 Å². The zero-order valence-corrected chi connectivity index (χ0v) is 9.14. The van der Waals surface area contributed by atoms with Crippen LogP contribution >= 0.6 is 0 Å². The monoisotopic (exact) mass is 225 g/mol. The predicted molar refractivity (Wildman–Crippen MR) is 54.3 cm³/mol. The Labute approximate surface area is 93.3 Å². The largest absolute Gasteiger partial charge is 0.469 e. The quantitative estimate of drug-likeness (QED) is 0.488. The van der Waals surface area contributed by atoms with Gasteiger partial charge in [0.1, 0.15) is 0 Å². The van der Waals surface area contributed by atoms with Crippen molar-refractivity contribution in [1.29, 1.82) is 0 Å². The lowest BCUT2D eigenvalue weighted by Crippen LogP contribution is -2.49. The van der Waals surface area contributed by atoms with E-state index in [9.17, 15) is 14.4 Å². The number of hydrogen-bond donors (Lipinski definition) is 1. The van der Waals surface area contributed by atoms with E-state index in [4.69, 9.17) is 10.5 Å². The molecule has 0 aliphatic heterocycles. The first-order chi connectivity index (χ1) is 7.56. The van der Waals surface area contributed by atoms with Crippen LogP contribution in [0.25, 0.3) is 0 Å². The molecule has 0 heterocycles. The zero-order chi connectivity index (χ0) is 11.9. The summed E-state index contributed by atoms with van der Waals surface area (Å²) in [6, 6.07) is -0.565. The van der Waals surface area contributed by atoms with Gasteiger partial charge in [0.2, 0.25) is 5.78 Å². The van der Waals surface area contributed by atoms with Crippen molar-refractivity contribution >= 4 is 17.5 Å². The van der Waals surface area contributed by atoms with Crippen molar-refractivity contribution in [2.45, 2.75) is 25.3 Å². The number of carbonyl (C=O) groups is 3. The minimum atomic E-state index is -0.565. The van der Waals surface area contributed by atoms with Crippen molar-refractivity contribution in [3.63, 3.8) is 0 Å². The number of rotatable bonds is 1. The van der Waals surface area contributed by atoms with Gasteiger partial charge in [-0.25, -0.2) is 0 Å². The second-order valence-corrected chi connectivity index (χ2v) is 4.56. The second-order valence-electron chi connectivity index (χ2n) is 4.56. The summed E-state index contributed by atoms with van der Waals surface area (Å²) in [4.78, 5) is 34.8. The summed E-state index contributed by atoms with van der Waals surface area (Å²) in [6.45, 7) is 0. The summed E-state index contributed by atoms with van der Waals surface area (Å²) in [5, 5.41) is 0. The average Bonchev–Trinajstić information content (AvgIpc) is 2.45. The van der Waals surface area contributed by atoms with E-state index < -0.39 is 29.6 Å². The Balaban J connectivity index is 2.34.